The number of ether oxygens (including phenoxy) is 2. The minimum atomic E-state index is -0.935. The van der Waals surface area contributed by atoms with Crippen molar-refractivity contribution in [2.45, 2.75) is 25.4 Å². The SMILES string of the molecule is O=C(O)CCNC(=O)c1ccc(OC2CCOCC2)cc1. The average Bonchev–Trinajstić information content (AvgIpc) is 2.48. The van der Waals surface area contributed by atoms with Gasteiger partial charge in [0.2, 0.25) is 0 Å². The number of nitrogens with one attached hydrogen (secondary N) is 1. The van der Waals surface area contributed by atoms with Crippen LogP contribution in [0, 0.1) is 0 Å². The Morgan fingerprint density at radius 3 is 2.52 bits per heavy atom. The predicted molar refractivity (Wildman–Crippen MR) is 75.5 cm³/mol. The van der Waals surface area contributed by atoms with Crippen molar-refractivity contribution in [3.8, 4) is 5.75 Å². The van der Waals surface area contributed by atoms with Crippen LogP contribution in [0.1, 0.15) is 29.6 Å². The second-order valence-electron chi connectivity index (χ2n) is 4.85. The Kier molecular flexibility index (Phi) is 5.57. The molecule has 0 unspecified atom stereocenters. The molecule has 1 aromatic rings. The van der Waals surface area contributed by atoms with Gasteiger partial charge in [-0.05, 0) is 24.3 Å². The first kappa shape index (κ1) is 15.3. The summed E-state index contributed by atoms with van der Waals surface area (Å²) >= 11 is 0. The van der Waals surface area contributed by atoms with Gasteiger partial charge in [-0.1, -0.05) is 0 Å². The van der Waals surface area contributed by atoms with Gasteiger partial charge in [-0.15, -0.1) is 0 Å². The Labute approximate surface area is 123 Å². The summed E-state index contributed by atoms with van der Waals surface area (Å²) in [6, 6.07) is 6.85. The number of benzene rings is 1. The molecule has 0 atom stereocenters. The number of hydrogen-bond acceptors (Lipinski definition) is 4. The molecule has 0 aromatic heterocycles. The summed E-state index contributed by atoms with van der Waals surface area (Å²) in [7, 11) is 0. The average molecular weight is 293 g/mol. The van der Waals surface area contributed by atoms with Crippen LogP contribution in [0.3, 0.4) is 0 Å². The third-order valence-electron chi connectivity index (χ3n) is 3.21. The van der Waals surface area contributed by atoms with Crippen LogP contribution in [-0.4, -0.2) is 42.8 Å². The lowest BCUT2D eigenvalue weighted by atomic mass is 10.1. The maximum Gasteiger partial charge on any atom is 0.305 e. The smallest absolute Gasteiger partial charge is 0.305 e. The van der Waals surface area contributed by atoms with Crippen molar-refractivity contribution in [1.29, 1.82) is 0 Å². The third kappa shape index (κ3) is 5.07. The summed E-state index contributed by atoms with van der Waals surface area (Å²) in [6.45, 7) is 1.55. The standard InChI is InChI=1S/C15H19NO5/c17-14(18)5-8-16-15(19)11-1-3-12(4-2-11)21-13-6-9-20-10-7-13/h1-4,13H,5-10H2,(H,16,19)(H,17,18). The molecule has 0 bridgehead atoms. The number of amides is 1. The van der Waals surface area contributed by atoms with Gasteiger partial charge in [0.15, 0.2) is 0 Å². The van der Waals surface area contributed by atoms with E-state index < -0.39 is 5.97 Å². The van der Waals surface area contributed by atoms with E-state index >= 15 is 0 Å². The summed E-state index contributed by atoms with van der Waals surface area (Å²) in [5.74, 6) is -0.492. The number of carbonyl (C=O) groups excluding carboxylic acids is 1. The molecule has 1 heterocycles. The molecule has 6 nitrogen and oxygen atoms in total. The maximum absolute atomic E-state index is 11.8. The quantitative estimate of drug-likeness (QED) is 0.829. The Balaban J connectivity index is 1.83. The predicted octanol–water partition coefficient (Wildman–Crippen LogP) is 1.45. The van der Waals surface area contributed by atoms with Crippen molar-refractivity contribution >= 4 is 11.9 Å². The molecule has 0 spiro atoms. The highest BCUT2D eigenvalue weighted by atomic mass is 16.5. The van der Waals surface area contributed by atoms with E-state index in [9.17, 15) is 9.59 Å². The largest absolute Gasteiger partial charge is 0.490 e. The van der Waals surface area contributed by atoms with Crippen molar-refractivity contribution in [2.75, 3.05) is 19.8 Å². The van der Waals surface area contributed by atoms with Crippen LogP contribution < -0.4 is 10.1 Å². The molecule has 21 heavy (non-hydrogen) atoms. The molecule has 2 rings (SSSR count). The number of carbonyl (C=O) groups is 2. The van der Waals surface area contributed by atoms with Crippen LogP contribution >= 0.6 is 0 Å². The molecule has 1 aliphatic heterocycles. The monoisotopic (exact) mass is 293 g/mol. The van der Waals surface area contributed by atoms with Gasteiger partial charge in [0.1, 0.15) is 11.9 Å². The lowest BCUT2D eigenvalue weighted by molar-refractivity contribution is -0.136. The Bertz CT molecular complexity index is 479. The van der Waals surface area contributed by atoms with E-state index in [-0.39, 0.29) is 25.0 Å². The fourth-order valence-electron chi connectivity index (χ4n) is 2.06. The second-order valence-corrected chi connectivity index (χ2v) is 4.85. The van der Waals surface area contributed by atoms with Crippen LogP contribution in [0.15, 0.2) is 24.3 Å². The fourth-order valence-corrected chi connectivity index (χ4v) is 2.06. The van der Waals surface area contributed by atoms with Gasteiger partial charge in [-0.3, -0.25) is 9.59 Å². The second kappa shape index (κ2) is 7.64. The number of aliphatic carboxylic acids is 1. The highest BCUT2D eigenvalue weighted by Gasteiger charge is 2.15. The zero-order valence-electron chi connectivity index (χ0n) is 11.7. The molecule has 0 aliphatic carbocycles. The zero-order valence-corrected chi connectivity index (χ0v) is 11.7. The van der Waals surface area contributed by atoms with Gasteiger partial charge in [-0.25, -0.2) is 0 Å². The van der Waals surface area contributed by atoms with Crippen LogP contribution in [0.4, 0.5) is 0 Å². The molecular formula is C15H19NO5. The summed E-state index contributed by atoms with van der Waals surface area (Å²) in [4.78, 5) is 22.1. The minimum Gasteiger partial charge on any atom is -0.490 e. The number of carboxylic acids is 1. The van der Waals surface area contributed by atoms with Gasteiger partial charge in [0.05, 0.1) is 19.6 Å². The lowest BCUT2D eigenvalue weighted by Crippen LogP contribution is -2.26. The zero-order chi connectivity index (χ0) is 15.1. The van der Waals surface area contributed by atoms with Crippen LogP contribution in [0.2, 0.25) is 0 Å². The fraction of sp³-hybridized carbons (Fsp3) is 0.467. The van der Waals surface area contributed by atoms with Crippen LogP contribution in [-0.2, 0) is 9.53 Å². The third-order valence-corrected chi connectivity index (χ3v) is 3.21. The molecule has 1 aliphatic rings. The van der Waals surface area contributed by atoms with Gasteiger partial charge in [-0.2, -0.15) is 0 Å². The van der Waals surface area contributed by atoms with Crippen molar-refractivity contribution in [3.63, 3.8) is 0 Å². The van der Waals surface area contributed by atoms with E-state index in [4.69, 9.17) is 14.6 Å². The molecule has 1 fully saturated rings. The van der Waals surface area contributed by atoms with Crippen molar-refractivity contribution in [3.05, 3.63) is 29.8 Å². The van der Waals surface area contributed by atoms with E-state index in [1.165, 1.54) is 0 Å². The Hall–Kier alpha value is -2.08. The highest BCUT2D eigenvalue weighted by Crippen LogP contribution is 2.18. The molecule has 1 aromatic carbocycles. The Morgan fingerprint density at radius 2 is 1.90 bits per heavy atom. The number of rotatable bonds is 6. The summed E-state index contributed by atoms with van der Waals surface area (Å²) in [6.07, 6.45) is 1.82. The molecule has 0 saturated carbocycles. The molecule has 114 valence electrons. The summed E-state index contributed by atoms with van der Waals surface area (Å²) in [5, 5.41) is 11.1. The van der Waals surface area contributed by atoms with Crippen molar-refractivity contribution in [1.82, 2.24) is 5.32 Å². The Morgan fingerprint density at radius 1 is 1.24 bits per heavy atom. The van der Waals surface area contributed by atoms with Crippen LogP contribution in [0.25, 0.3) is 0 Å². The number of hydrogen-bond donors (Lipinski definition) is 2. The number of carboxylic acid groups (broad SMARTS) is 1. The van der Waals surface area contributed by atoms with Gasteiger partial charge in [0.25, 0.3) is 5.91 Å². The van der Waals surface area contributed by atoms with E-state index in [2.05, 4.69) is 5.32 Å². The first-order valence-electron chi connectivity index (χ1n) is 6.99. The van der Waals surface area contributed by atoms with E-state index in [0.29, 0.717) is 18.8 Å². The first-order chi connectivity index (χ1) is 10.1. The summed E-state index contributed by atoms with van der Waals surface area (Å²) in [5.41, 5.74) is 0.486. The highest BCUT2D eigenvalue weighted by molar-refractivity contribution is 5.94. The van der Waals surface area contributed by atoms with Gasteiger partial charge in [0, 0.05) is 24.9 Å². The van der Waals surface area contributed by atoms with Gasteiger partial charge >= 0.3 is 5.97 Å². The van der Waals surface area contributed by atoms with E-state index in [0.717, 1.165) is 18.6 Å². The molecule has 2 N–H and O–H groups in total. The van der Waals surface area contributed by atoms with E-state index in [1.54, 1.807) is 24.3 Å². The van der Waals surface area contributed by atoms with Gasteiger partial charge < -0.3 is 19.9 Å². The van der Waals surface area contributed by atoms with Crippen molar-refractivity contribution < 1.29 is 24.2 Å². The minimum absolute atomic E-state index is 0.0866. The molecule has 0 radical (unpaired) electrons. The lowest BCUT2D eigenvalue weighted by Gasteiger charge is -2.23. The summed E-state index contributed by atoms with van der Waals surface area (Å²) < 4.78 is 11.1. The normalized spacial score (nSPS) is 15.4. The maximum atomic E-state index is 11.8. The molecule has 6 heteroatoms. The van der Waals surface area contributed by atoms with Crippen LogP contribution in [0.5, 0.6) is 5.75 Å². The first-order valence-corrected chi connectivity index (χ1v) is 6.99. The molecule has 1 saturated heterocycles. The molecular weight excluding hydrogens is 274 g/mol. The van der Waals surface area contributed by atoms with Crippen molar-refractivity contribution in [2.24, 2.45) is 0 Å². The van der Waals surface area contributed by atoms with E-state index in [1.807, 2.05) is 0 Å². The molecule has 1 amide bonds. The topological polar surface area (TPSA) is 84.9 Å².